The lowest BCUT2D eigenvalue weighted by atomic mass is 10.1. The monoisotopic (exact) mass is 1920 g/mol. The predicted octanol–water partition coefficient (Wildman–Crippen LogP) is 21.2. The van der Waals surface area contributed by atoms with E-state index in [0.717, 1.165) is 89.4 Å². The largest absolute Gasteiger partial charge is 0.480 e. The van der Waals surface area contributed by atoms with Gasteiger partial charge in [-0.1, -0.05) is 57.5 Å². The lowest BCUT2D eigenvalue weighted by molar-refractivity contribution is -0.141. The molecule has 11 aromatic heterocycles. The van der Waals surface area contributed by atoms with Gasteiger partial charge in [0.05, 0.1) is 72.6 Å². The van der Waals surface area contributed by atoms with Crippen LogP contribution in [-0.4, -0.2) is 125 Å². The molecule has 0 N–H and O–H groups in total. The molecule has 25 nitrogen and oxygen atoms in total. The molecule has 4 aliphatic rings. The number of ether oxygens (including phenoxy) is 3. The summed E-state index contributed by atoms with van der Waals surface area (Å²) in [6, 6.07) is 13.8. The molecule has 650 valence electrons. The van der Waals surface area contributed by atoms with Crippen LogP contribution >= 0.6 is 47.8 Å². The van der Waals surface area contributed by atoms with Gasteiger partial charge in [-0.2, -0.15) is 39.5 Å². The van der Waals surface area contributed by atoms with E-state index < -0.39 is 68.2 Å². The van der Waals surface area contributed by atoms with Crippen molar-refractivity contribution < 1.29 is 71.7 Å². The minimum absolute atomic E-state index is 0. The third-order valence-electron chi connectivity index (χ3n) is 21.2. The Labute approximate surface area is 731 Å². The first-order valence-corrected chi connectivity index (χ1v) is 41.3. The van der Waals surface area contributed by atoms with Crippen molar-refractivity contribution in [1.29, 1.82) is 0 Å². The SMILES string of the molecule is C.COc1ncnc(C2CC2)c1-c1ncc2c(Br)cn(Cc3ccc(-c4nc(C(F)(F)F)cn4C(C)C)c(F)c3)c2n1.COc1ncnc(C2CC2)c1-c1ncc2c(n1)N(Cc1ccc(-c3nc(C(F)(F)F)cn3C(C)C)c(F)c1)C(=O)C2(Br)Br.COc1ncnc(C2CC2)c1-c1ncc2ccn(Cc3ccc(-c4nc(C(F)(F)F)cn4C(C)C)c(F)c3)c2n1. The molecule has 14 aromatic rings. The van der Waals surface area contributed by atoms with E-state index >= 15 is 13.2 Å². The van der Waals surface area contributed by atoms with Crippen LogP contribution in [0.1, 0.15) is 180 Å². The van der Waals surface area contributed by atoms with Gasteiger partial charge in [0.25, 0.3) is 5.91 Å². The molecule has 125 heavy (non-hydrogen) atoms. The third kappa shape index (κ3) is 17.6. The molecule has 1 aliphatic heterocycles. The molecule has 18 rings (SSSR count). The number of alkyl halides is 11. The fourth-order valence-electron chi connectivity index (χ4n) is 14.6. The van der Waals surface area contributed by atoms with Crippen LogP contribution in [0.5, 0.6) is 17.6 Å². The normalized spacial score (nSPS) is 14.6. The van der Waals surface area contributed by atoms with E-state index in [9.17, 15) is 44.3 Å². The second-order valence-electron chi connectivity index (χ2n) is 30.9. The summed E-state index contributed by atoms with van der Waals surface area (Å²) >= 11 is 10.4. The highest BCUT2D eigenvalue weighted by molar-refractivity contribution is 9.25. The molecule has 0 radical (unpaired) electrons. The van der Waals surface area contributed by atoms with Gasteiger partial charge in [0, 0.05) is 108 Å². The van der Waals surface area contributed by atoms with E-state index in [2.05, 4.69) is 108 Å². The summed E-state index contributed by atoms with van der Waals surface area (Å²) in [5, 5.41) is 1.55. The Kier molecular flexibility index (Phi) is 24.2. The highest BCUT2D eigenvalue weighted by atomic mass is 79.9. The molecular formula is C85H76Br3F12N21O4. The van der Waals surface area contributed by atoms with Crippen molar-refractivity contribution in [2.75, 3.05) is 26.2 Å². The van der Waals surface area contributed by atoms with Crippen LogP contribution in [0.4, 0.5) is 58.5 Å². The van der Waals surface area contributed by atoms with E-state index in [1.165, 1.54) is 94.4 Å². The molecule has 3 saturated carbocycles. The number of hydrogen-bond acceptors (Lipinski definition) is 19. The first kappa shape index (κ1) is 88.2. The number of fused-ring (bicyclic) bond motifs is 3. The molecule has 0 unspecified atom stereocenters. The summed E-state index contributed by atoms with van der Waals surface area (Å²) in [6.07, 6.45) is 7.77. The van der Waals surface area contributed by atoms with E-state index in [4.69, 9.17) is 29.2 Å². The number of amides is 1. The number of carbonyl (C=O) groups is 1. The summed E-state index contributed by atoms with van der Waals surface area (Å²) in [7, 11) is 4.57. The van der Waals surface area contributed by atoms with Crippen molar-refractivity contribution in [2.24, 2.45) is 0 Å². The van der Waals surface area contributed by atoms with E-state index in [-0.39, 0.29) is 90.9 Å². The molecule has 3 aromatic carbocycles. The Balaban J connectivity index is 0.000000144. The molecule has 3 aliphatic carbocycles. The highest BCUT2D eigenvalue weighted by Gasteiger charge is 2.50. The minimum atomic E-state index is -4.68. The van der Waals surface area contributed by atoms with Gasteiger partial charge >= 0.3 is 18.5 Å². The van der Waals surface area contributed by atoms with Gasteiger partial charge in [0.15, 0.2) is 37.8 Å². The van der Waals surface area contributed by atoms with Crippen molar-refractivity contribution >= 4 is 81.6 Å². The average molecular weight is 1920 g/mol. The van der Waals surface area contributed by atoms with Crippen molar-refractivity contribution in [2.45, 2.75) is 165 Å². The number of rotatable bonds is 21. The molecule has 0 atom stereocenters. The number of aromatic nitrogens is 20. The third-order valence-corrected chi connectivity index (χ3v) is 23.4. The Morgan fingerprint density at radius 2 is 0.824 bits per heavy atom. The number of halogens is 15. The van der Waals surface area contributed by atoms with Crippen LogP contribution in [-0.2, 0) is 46.2 Å². The number of anilines is 1. The zero-order valence-corrected chi connectivity index (χ0v) is 71.9. The Hall–Kier alpha value is -11.7. The molecule has 0 saturated heterocycles. The lowest BCUT2D eigenvalue weighted by Gasteiger charge is -2.19. The molecule has 0 bridgehead atoms. The average Bonchev–Trinajstić information content (AvgIpc) is 1.58. The maximum Gasteiger partial charge on any atom is 0.434 e. The highest BCUT2D eigenvalue weighted by Crippen LogP contribution is 2.53. The summed E-state index contributed by atoms with van der Waals surface area (Å²) in [4.78, 5) is 80.1. The minimum Gasteiger partial charge on any atom is -0.480 e. The summed E-state index contributed by atoms with van der Waals surface area (Å²) in [5.41, 5.74) is 4.26. The van der Waals surface area contributed by atoms with Crippen LogP contribution in [0.2, 0.25) is 0 Å². The fourth-order valence-corrected chi connectivity index (χ4v) is 16.2. The zero-order valence-electron chi connectivity index (χ0n) is 67.1. The van der Waals surface area contributed by atoms with Crippen molar-refractivity contribution in [3.8, 4) is 86.0 Å². The summed E-state index contributed by atoms with van der Waals surface area (Å²) in [5.74, 6) is 0.563. The summed E-state index contributed by atoms with van der Waals surface area (Å²) < 4.78 is 190. The van der Waals surface area contributed by atoms with Crippen LogP contribution in [0, 0.1) is 17.5 Å². The fraction of sp³-hybridized carbons (Fsp3) is 0.341. The van der Waals surface area contributed by atoms with Gasteiger partial charge in [-0.3, -0.25) is 9.69 Å². The van der Waals surface area contributed by atoms with Gasteiger partial charge in [0.1, 0.15) is 87.7 Å². The number of methoxy groups -OCH3 is 3. The quantitative estimate of drug-likeness (QED) is 0.0478. The Morgan fingerprint density at radius 1 is 0.456 bits per heavy atom. The van der Waals surface area contributed by atoms with Crippen LogP contribution < -0.4 is 19.1 Å². The van der Waals surface area contributed by atoms with Gasteiger partial charge in [-0.15, -0.1) is 0 Å². The lowest BCUT2D eigenvalue weighted by Crippen LogP contribution is -2.32. The maximum absolute atomic E-state index is 15.5. The van der Waals surface area contributed by atoms with Crippen LogP contribution in [0.15, 0.2) is 134 Å². The predicted molar refractivity (Wildman–Crippen MR) is 448 cm³/mol. The molecular weight excluding hydrogens is 1850 g/mol. The standard InChI is InChI=1S/C28H23Br2F4N7O2.C28H24BrF4N7O.C28H25F4N7O.CH4/c1-13(2)40-11-19(28(32,33)34)38-23(40)16-7-4-14(8-18(16)31)10-41-24-17(27(29,30)26(41)42)9-35-22(39-24)20-21(15-5-6-15)36-12-37-25(20)43-3;1-14(2)40-12-21(28(31,32)33)37-26(40)17-7-4-15(8-20(17)30)10-39-11-19(29)18-9-34-24(38-25(18)39)22-23(16-5-6-16)35-13-36-27(22)41-3;1-15(2)39-13-21(28(30,31)32)36-26(39)19-7-4-16(10-20(19)29)12-38-9-8-18-11-33-24(37-25(18)38)22-23(17-5-6-17)34-14-35-27(22)40-3;/h4,7-9,11-13,15H,5-6,10H2,1-3H3;4,7-9,11-14,16H,5-6,10H2,1-3H3;4,7-11,13-15,17H,5-6,12H2,1-3H3;1H4. The van der Waals surface area contributed by atoms with E-state index in [0.29, 0.717) is 91.4 Å². The van der Waals surface area contributed by atoms with Gasteiger partial charge < -0.3 is 37.0 Å². The number of imidazole rings is 3. The number of hydrogen-bond donors (Lipinski definition) is 0. The molecule has 1 amide bonds. The number of benzene rings is 3. The van der Waals surface area contributed by atoms with Crippen molar-refractivity contribution in [3.63, 3.8) is 0 Å². The summed E-state index contributed by atoms with van der Waals surface area (Å²) in [6.45, 7) is 10.7. The smallest absolute Gasteiger partial charge is 0.434 e. The first-order valence-electron chi connectivity index (χ1n) is 38.9. The van der Waals surface area contributed by atoms with E-state index in [1.807, 2.05) is 27.6 Å². The van der Waals surface area contributed by atoms with Crippen molar-refractivity contribution in [1.82, 2.24) is 97.6 Å². The number of carbonyl (C=O) groups excluding carboxylic acids is 1. The number of nitrogens with zero attached hydrogens (tertiary/aromatic N) is 21. The first-order chi connectivity index (χ1) is 59.0. The van der Waals surface area contributed by atoms with E-state index in [1.54, 1.807) is 79.2 Å². The van der Waals surface area contributed by atoms with Crippen LogP contribution in [0.25, 0.3) is 90.4 Å². The molecule has 0 spiro atoms. The Morgan fingerprint density at radius 3 is 1.20 bits per heavy atom. The maximum atomic E-state index is 15.5. The second-order valence-corrected chi connectivity index (χ2v) is 35.2. The van der Waals surface area contributed by atoms with Gasteiger partial charge in [0.2, 0.25) is 17.6 Å². The van der Waals surface area contributed by atoms with Crippen LogP contribution in [0.3, 0.4) is 0 Å². The molecule has 3 fully saturated rings. The second kappa shape index (κ2) is 34.3. The van der Waals surface area contributed by atoms with Crippen molar-refractivity contribution in [3.05, 3.63) is 208 Å². The zero-order chi connectivity index (χ0) is 88.1. The van der Waals surface area contributed by atoms with Gasteiger partial charge in [-0.25, -0.2) is 87.9 Å². The van der Waals surface area contributed by atoms with Gasteiger partial charge in [-0.05, 0) is 155 Å². The topological polar surface area (TPSA) is 266 Å². The molecule has 12 heterocycles. The molecule has 40 heteroatoms. The Bertz CT molecular complexity index is 6470.